The molecule has 0 radical (unpaired) electrons. The van der Waals surface area contributed by atoms with Gasteiger partial charge in [-0.3, -0.25) is 0 Å². The molecular weight excluding hydrogens is 302 g/mol. The van der Waals surface area contributed by atoms with E-state index in [1.165, 1.54) is 5.56 Å². The van der Waals surface area contributed by atoms with Gasteiger partial charge in [-0.1, -0.05) is 52.3 Å². The third-order valence-corrected chi connectivity index (χ3v) is 3.56. The topological polar surface area (TPSA) is 24.6 Å². The minimum atomic E-state index is -0.483. The Morgan fingerprint density at radius 3 is 2.26 bits per heavy atom. The molecule has 0 aromatic heterocycles. The van der Waals surface area contributed by atoms with Crippen molar-refractivity contribution < 1.29 is 5.11 Å². The molecule has 2 nitrogen and oxygen atoms in total. The summed E-state index contributed by atoms with van der Waals surface area (Å²) in [7, 11) is 0. The molecule has 96 valence electrons. The Morgan fingerprint density at radius 1 is 1.05 bits per heavy atom. The summed E-state index contributed by atoms with van der Waals surface area (Å²) in [5, 5.41) is 10.1. The standard InChI is InChI=1S/C16H14BrNO/c1-18-15-9-5-13(6-10-15)16(19)11-4-12-2-7-14(17)8-3-12/h2-3,5-10,16,19H,4,11H2. The third kappa shape index (κ3) is 3.92. The predicted molar refractivity (Wildman–Crippen MR) is 80.1 cm³/mol. The van der Waals surface area contributed by atoms with Gasteiger partial charge in [0.25, 0.3) is 0 Å². The second-order valence-corrected chi connectivity index (χ2v) is 5.30. The molecule has 2 rings (SSSR count). The average Bonchev–Trinajstić information content (AvgIpc) is 2.46. The molecular formula is C16H14BrNO. The van der Waals surface area contributed by atoms with Gasteiger partial charge in [0.05, 0.1) is 12.7 Å². The van der Waals surface area contributed by atoms with Gasteiger partial charge in [-0.15, -0.1) is 0 Å². The number of rotatable bonds is 4. The predicted octanol–water partition coefficient (Wildman–Crippen LogP) is 4.67. The van der Waals surface area contributed by atoms with Gasteiger partial charge < -0.3 is 5.11 Å². The van der Waals surface area contributed by atoms with E-state index in [1.54, 1.807) is 12.1 Å². The molecule has 3 heteroatoms. The summed E-state index contributed by atoms with van der Waals surface area (Å²) >= 11 is 3.40. The lowest BCUT2D eigenvalue weighted by Gasteiger charge is -2.11. The maximum Gasteiger partial charge on any atom is 0.187 e. The molecule has 0 fully saturated rings. The van der Waals surface area contributed by atoms with Crippen molar-refractivity contribution in [3.05, 3.63) is 75.5 Å². The Bertz CT molecular complexity index is 569. The highest BCUT2D eigenvalue weighted by atomic mass is 79.9. The van der Waals surface area contributed by atoms with Crippen molar-refractivity contribution in [2.45, 2.75) is 18.9 Å². The molecule has 2 aromatic carbocycles. The van der Waals surface area contributed by atoms with Crippen molar-refractivity contribution >= 4 is 21.6 Å². The molecule has 0 aliphatic carbocycles. The molecule has 0 saturated carbocycles. The van der Waals surface area contributed by atoms with Gasteiger partial charge >= 0.3 is 0 Å². The van der Waals surface area contributed by atoms with Crippen molar-refractivity contribution in [2.75, 3.05) is 0 Å². The van der Waals surface area contributed by atoms with E-state index in [1.807, 2.05) is 24.3 Å². The van der Waals surface area contributed by atoms with Crippen LogP contribution in [0.5, 0.6) is 0 Å². The Morgan fingerprint density at radius 2 is 1.68 bits per heavy atom. The lowest BCUT2D eigenvalue weighted by Crippen LogP contribution is -1.99. The van der Waals surface area contributed by atoms with E-state index in [9.17, 15) is 5.11 Å². The quantitative estimate of drug-likeness (QED) is 0.815. The fraction of sp³-hybridized carbons (Fsp3) is 0.188. The summed E-state index contributed by atoms with van der Waals surface area (Å²) in [5.41, 5.74) is 2.67. The first kappa shape index (κ1) is 13.8. The highest BCUT2D eigenvalue weighted by Crippen LogP contribution is 2.22. The van der Waals surface area contributed by atoms with Crippen LogP contribution in [0.2, 0.25) is 0 Å². The zero-order valence-electron chi connectivity index (χ0n) is 10.4. The maximum absolute atomic E-state index is 10.1. The van der Waals surface area contributed by atoms with E-state index in [2.05, 4.69) is 32.9 Å². The van der Waals surface area contributed by atoms with Gasteiger partial charge in [0.15, 0.2) is 5.69 Å². The second kappa shape index (κ2) is 6.51. The molecule has 2 aromatic rings. The van der Waals surface area contributed by atoms with Crippen LogP contribution < -0.4 is 0 Å². The number of aliphatic hydroxyl groups excluding tert-OH is 1. The summed E-state index contributed by atoms with van der Waals surface area (Å²) < 4.78 is 1.06. The van der Waals surface area contributed by atoms with Gasteiger partial charge in [0.1, 0.15) is 0 Å². The van der Waals surface area contributed by atoms with Gasteiger partial charge in [-0.2, -0.15) is 0 Å². The summed E-state index contributed by atoms with van der Waals surface area (Å²) in [6.07, 6.45) is 1.03. The van der Waals surface area contributed by atoms with Crippen molar-refractivity contribution in [3.8, 4) is 0 Å². The Labute approximate surface area is 121 Å². The SMILES string of the molecule is [C-]#[N+]c1ccc(C(O)CCc2ccc(Br)cc2)cc1. The molecule has 0 saturated heterocycles. The molecule has 0 aliphatic heterocycles. The van der Waals surface area contributed by atoms with Crippen LogP contribution in [0.25, 0.3) is 4.85 Å². The van der Waals surface area contributed by atoms with Gasteiger partial charge in [0, 0.05) is 4.47 Å². The number of aryl methyl sites for hydroxylation is 1. The van der Waals surface area contributed by atoms with E-state index in [0.717, 1.165) is 16.5 Å². The molecule has 0 amide bonds. The smallest absolute Gasteiger partial charge is 0.187 e. The van der Waals surface area contributed by atoms with Crippen LogP contribution in [0.3, 0.4) is 0 Å². The van der Waals surface area contributed by atoms with E-state index < -0.39 is 6.10 Å². The van der Waals surface area contributed by atoms with Gasteiger partial charge in [-0.25, -0.2) is 4.85 Å². The number of nitrogens with zero attached hydrogens (tertiary/aromatic N) is 1. The number of hydrogen-bond acceptors (Lipinski definition) is 1. The Hall–Kier alpha value is -1.63. The molecule has 0 spiro atoms. The zero-order chi connectivity index (χ0) is 13.7. The number of benzene rings is 2. The molecule has 0 heterocycles. The Balaban J connectivity index is 1.95. The van der Waals surface area contributed by atoms with Crippen molar-refractivity contribution in [2.24, 2.45) is 0 Å². The van der Waals surface area contributed by atoms with Crippen LogP contribution >= 0.6 is 15.9 Å². The van der Waals surface area contributed by atoms with E-state index in [0.29, 0.717) is 12.1 Å². The average molecular weight is 316 g/mol. The largest absolute Gasteiger partial charge is 0.388 e. The first-order valence-electron chi connectivity index (χ1n) is 6.09. The van der Waals surface area contributed by atoms with Crippen LogP contribution in [-0.4, -0.2) is 5.11 Å². The summed E-state index contributed by atoms with van der Waals surface area (Å²) in [6, 6.07) is 15.2. The third-order valence-electron chi connectivity index (χ3n) is 3.03. The van der Waals surface area contributed by atoms with Crippen molar-refractivity contribution in [3.63, 3.8) is 0 Å². The lowest BCUT2D eigenvalue weighted by atomic mass is 10.0. The van der Waals surface area contributed by atoms with Crippen LogP contribution in [0, 0.1) is 6.57 Å². The van der Waals surface area contributed by atoms with Crippen molar-refractivity contribution in [1.29, 1.82) is 0 Å². The number of aliphatic hydroxyl groups is 1. The molecule has 0 bridgehead atoms. The summed E-state index contributed by atoms with van der Waals surface area (Å²) in [5.74, 6) is 0. The van der Waals surface area contributed by atoms with E-state index in [4.69, 9.17) is 6.57 Å². The molecule has 19 heavy (non-hydrogen) atoms. The molecule has 0 aliphatic rings. The lowest BCUT2D eigenvalue weighted by molar-refractivity contribution is 0.168. The van der Waals surface area contributed by atoms with Gasteiger partial charge in [-0.05, 0) is 36.1 Å². The van der Waals surface area contributed by atoms with Gasteiger partial charge in [0.2, 0.25) is 0 Å². The van der Waals surface area contributed by atoms with Crippen LogP contribution in [0.4, 0.5) is 5.69 Å². The first-order valence-corrected chi connectivity index (χ1v) is 6.88. The fourth-order valence-electron chi connectivity index (χ4n) is 1.89. The fourth-order valence-corrected chi connectivity index (χ4v) is 2.16. The molecule has 1 unspecified atom stereocenters. The minimum absolute atomic E-state index is 0.483. The number of halogens is 1. The molecule has 1 N–H and O–H groups in total. The Kier molecular flexibility index (Phi) is 4.73. The van der Waals surface area contributed by atoms with Crippen LogP contribution in [-0.2, 0) is 6.42 Å². The second-order valence-electron chi connectivity index (χ2n) is 4.38. The normalized spacial score (nSPS) is 11.8. The number of hydrogen-bond donors (Lipinski definition) is 1. The highest BCUT2D eigenvalue weighted by molar-refractivity contribution is 9.10. The summed E-state index contributed by atoms with van der Waals surface area (Å²) in [6.45, 7) is 6.89. The van der Waals surface area contributed by atoms with Crippen molar-refractivity contribution in [1.82, 2.24) is 0 Å². The highest BCUT2D eigenvalue weighted by Gasteiger charge is 2.07. The minimum Gasteiger partial charge on any atom is -0.388 e. The zero-order valence-corrected chi connectivity index (χ0v) is 12.0. The molecule has 1 atom stereocenters. The summed E-state index contributed by atoms with van der Waals surface area (Å²) in [4.78, 5) is 3.34. The maximum atomic E-state index is 10.1. The monoisotopic (exact) mass is 315 g/mol. The van der Waals surface area contributed by atoms with Crippen LogP contribution in [0.15, 0.2) is 53.0 Å². The van der Waals surface area contributed by atoms with E-state index in [-0.39, 0.29) is 0 Å². The first-order chi connectivity index (χ1) is 9.19. The van der Waals surface area contributed by atoms with Crippen LogP contribution in [0.1, 0.15) is 23.7 Å². The van der Waals surface area contributed by atoms with E-state index >= 15 is 0 Å².